The van der Waals surface area contributed by atoms with Crippen molar-refractivity contribution in [2.24, 2.45) is 11.0 Å². The minimum Gasteiger partial charge on any atom is -0.467 e. The van der Waals surface area contributed by atoms with Crippen LogP contribution in [0.15, 0.2) is 52.2 Å². The van der Waals surface area contributed by atoms with Crippen LogP contribution < -0.4 is 0 Å². The van der Waals surface area contributed by atoms with Gasteiger partial charge in [-0.25, -0.2) is 9.40 Å². The first kappa shape index (κ1) is 18.4. The summed E-state index contributed by atoms with van der Waals surface area (Å²) < 4.78 is 18.8. The maximum atomic E-state index is 13.2. The molecular weight excluding hydrogens is 361 g/mol. The average Bonchev–Trinajstić information content (AvgIpc) is 3.30. The number of carbonyl (C=O) groups is 2. The first-order valence-corrected chi connectivity index (χ1v) is 9.47. The molecule has 1 aliphatic carbocycles. The molecule has 7 heteroatoms. The van der Waals surface area contributed by atoms with Gasteiger partial charge in [-0.1, -0.05) is 18.6 Å². The fraction of sp³-hybridized carbons (Fsp3) is 0.381. The van der Waals surface area contributed by atoms with Crippen molar-refractivity contribution in [3.8, 4) is 0 Å². The van der Waals surface area contributed by atoms with Crippen LogP contribution in [-0.4, -0.2) is 41.0 Å². The molecule has 4 rings (SSSR count). The predicted molar refractivity (Wildman–Crippen MR) is 101 cm³/mol. The zero-order valence-electron chi connectivity index (χ0n) is 15.7. The highest BCUT2D eigenvalue weighted by Gasteiger charge is 2.36. The summed E-state index contributed by atoms with van der Waals surface area (Å²) in [7, 11) is 1.65. The second kappa shape index (κ2) is 7.58. The van der Waals surface area contributed by atoms with Crippen molar-refractivity contribution in [1.82, 2.24) is 9.91 Å². The van der Waals surface area contributed by atoms with Crippen molar-refractivity contribution in [2.75, 3.05) is 13.6 Å². The summed E-state index contributed by atoms with van der Waals surface area (Å²) in [4.78, 5) is 26.8. The van der Waals surface area contributed by atoms with Crippen LogP contribution >= 0.6 is 0 Å². The Hall–Kier alpha value is -2.96. The minimum absolute atomic E-state index is 0.0103. The van der Waals surface area contributed by atoms with Crippen molar-refractivity contribution in [2.45, 2.75) is 31.7 Å². The third kappa shape index (κ3) is 3.56. The molecule has 0 saturated heterocycles. The van der Waals surface area contributed by atoms with Gasteiger partial charge in [0.25, 0.3) is 5.91 Å². The van der Waals surface area contributed by atoms with Crippen molar-refractivity contribution >= 4 is 17.5 Å². The van der Waals surface area contributed by atoms with Gasteiger partial charge in [-0.05, 0) is 42.7 Å². The lowest BCUT2D eigenvalue weighted by molar-refractivity contribution is -0.144. The number of halogens is 1. The average molecular weight is 383 g/mol. The monoisotopic (exact) mass is 383 g/mol. The summed E-state index contributed by atoms with van der Waals surface area (Å²) in [5, 5.41) is 5.89. The number of nitrogens with zero attached hydrogens (tertiary/aromatic N) is 3. The summed E-state index contributed by atoms with van der Waals surface area (Å²) in [6.45, 7) is -0.0350. The standard InChI is InChI=1S/C21H22FN3O3/c1-24(21(27)15-4-2-5-15)13-20(26)25-18(19-6-3-11-28-19)12-17(23-25)14-7-9-16(22)10-8-14/h3,6-11,15,18H,2,4-5,12-13H2,1H3/t18-/m0/s1. The second-order valence-corrected chi connectivity index (χ2v) is 7.35. The van der Waals surface area contributed by atoms with Crippen LogP contribution in [0, 0.1) is 11.7 Å². The highest BCUT2D eigenvalue weighted by molar-refractivity contribution is 6.03. The highest BCUT2D eigenvalue weighted by atomic mass is 19.1. The lowest BCUT2D eigenvalue weighted by Crippen LogP contribution is -2.42. The molecule has 0 bridgehead atoms. The first-order valence-electron chi connectivity index (χ1n) is 9.47. The van der Waals surface area contributed by atoms with Gasteiger partial charge in [0, 0.05) is 19.4 Å². The van der Waals surface area contributed by atoms with Gasteiger partial charge in [-0.15, -0.1) is 0 Å². The molecular formula is C21H22FN3O3. The molecule has 2 aromatic rings. The van der Waals surface area contributed by atoms with E-state index >= 15 is 0 Å². The van der Waals surface area contributed by atoms with Crippen LogP contribution in [0.5, 0.6) is 0 Å². The molecule has 1 aromatic carbocycles. The number of hydrogen-bond acceptors (Lipinski definition) is 4. The number of likely N-dealkylation sites (N-methyl/N-ethyl adjacent to an activating group) is 1. The van der Waals surface area contributed by atoms with E-state index in [9.17, 15) is 14.0 Å². The molecule has 2 aliphatic rings. The van der Waals surface area contributed by atoms with Crippen molar-refractivity contribution in [3.63, 3.8) is 0 Å². The maximum absolute atomic E-state index is 13.2. The number of rotatable bonds is 5. The fourth-order valence-corrected chi connectivity index (χ4v) is 3.58. The van der Waals surface area contributed by atoms with E-state index < -0.39 is 0 Å². The highest BCUT2D eigenvalue weighted by Crippen LogP contribution is 2.33. The van der Waals surface area contributed by atoms with Crippen LogP contribution in [0.25, 0.3) is 0 Å². The molecule has 0 N–H and O–H groups in total. The first-order chi connectivity index (χ1) is 13.5. The fourth-order valence-electron chi connectivity index (χ4n) is 3.58. The van der Waals surface area contributed by atoms with Gasteiger partial charge in [-0.2, -0.15) is 5.10 Å². The minimum atomic E-state index is -0.380. The van der Waals surface area contributed by atoms with E-state index in [1.54, 1.807) is 37.6 Å². The number of hydrogen-bond donors (Lipinski definition) is 0. The number of carbonyl (C=O) groups excluding carboxylic acids is 2. The summed E-state index contributed by atoms with van der Waals surface area (Å²) in [5.74, 6) is 0.0801. The SMILES string of the molecule is CN(CC(=O)N1N=C(c2ccc(F)cc2)C[C@H]1c1ccco1)C(=O)C1CCC1. The summed E-state index contributed by atoms with van der Waals surface area (Å²) >= 11 is 0. The molecule has 1 aliphatic heterocycles. The quantitative estimate of drug-likeness (QED) is 0.795. The Kier molecular flexibility index (Phi) is 4.98. The third-order valence-corrected chi connectivity index (χ3v) is 5.42. The third-order valence-electron chi connectivity index (χ3n) is 5.42. The van der Waals surface area contributed by atoms with Crippen molar-refractivity contribution in [1.29, 1.82) is 0 Å². The number of furan rings is 1. The van der Waals surface area contributed by atoms with E-state index in [1.807, 2.05) is 0 Å². The van der Waals surface area contributed by atoms with Crippen LogP contribution in [0.4, 0.5) is 4.39 Å². The van der Waals surface area contributed by atoms with Gasteiger partial charge in [0.15, 0.2) is 0 Å². The summed E-state index contributed by atoms with van der Waals surface area (Å²) in [6.07, 6.45) is 4.87. The molecule has 1 saturated carbocycles. The van der Waals surface area contributed by atoms with E-state index in [2.05, 4.69) is 5.10 Å². The molecule has 0 unspecified atom stereocenters. The number of amides is 2. The second-order valence-electron chi connectivity index (χ2n) is 7.35. The van der Waals surface area contributed by atoms with Gasteiger partial charge in [0.1, 0.15) is 24.2 Å². The Morgan fingerprint density at radius 2 is 2.00 bits per heavy atom. The topological polar surface area (TPSA) is 66.1 Å². The number of benzene rings is 1. The van der Waals surface area contributed by atoms with Crippen LogP contribution in [0.2, 0.25) is 0 Å². The van der Waals surface area contributed by atoms with E-state index in [-0.39, 0.29) is 36.1 Å². The lowest BCUT2D eigenvalue weighted by Gasteiger charge is -2.30. The molecule has 0 radical (unpaired) electrons. The van der Waals surface area contributed by atoms with Crippen LogP contribution in [0.1, 0.15) is 43.0 Å². The van der Waals surface area contributed by atoms with Gasteiger partial charge < -0.3 is 9.32 Å². The number of hydrazone groups is 1. The normalized spacial score (nSPS) is 19.3. The van der Waals surface area contributed by atoms with Crippen LogP contribution in [-0.2, 0) is 9.59 Å². The molecule has 1 aromatic heterocycles. The van der Waals surface area contributed by atoms with E-state index in [1.165, 1.54) is 22.0 Å². The van der Waals surface area contributed by atoms with Gasteiger partial charge >= 0.3 is 0 Å². The molecule has 2 amide bonds. The molecule has 2 heterocycles. The Bertz CT molecular complexity index is 888. The molecule has 0 spiro atoms. The van der Waals surface area contributed by atoms with E-state index in [0.29, 0.717) is 17.9 Å². The molecule has 1 atom stereocenters. The Labute approximate surface area is 162 Å². The van der Waals surface area contributed by atoms with Gasteiger partial charge in [0.2, 0.25) is 5.91 Å². The van der Waals surface area contributed by atoms with Crippen molar-refractivity contribution < 1.29 is 18.4 Å². The van der Waals surface area contributed by atoms with Gasteiger partial charge in [-0.3, -0.25) is 9.59 Å². The largest absolute Gasteiger partial charge is 0.467 e. The lowest BCUT2D eigenvalue weighted by atomic mass is 9.84. The zero-order valence-corrected chi connectivity index (χ0v) is 15.7. The summed E-state index contributed by atoms with van der Waals surface area (Å²) in [5.41, 5.74) is 1.44. The molecule has 1 fully saturated rings. The maximum Gasteiger partial charge on any atom is 0.262 e. The Morgan fingerprint density at radius 1 is 1.25 bits per heavy atom. The van der Waals surface area contributed by atoms with Crippen molar-refractivity contribution in [3.05, 3.63) is 59.8 Å². The smallest absolute Gasteiger partial charge is 0.262 e. The Morgan fingerprint density at radius 3 is 2.61 bits per heavy atom. The zero-order chi connectivity index (χ0) is 19.7. The van der Waals surface area contributed by atoms with Crippen LogP contribution in [0.3, 0.4) is 0 Å². The molecule has 6 nitrogen and oxygen atoms in total. The Balaban J connectivity index is 1.54. The van der Waals surface area contributed by atoms with E-state index in [4.69, 9.17) is 4.42 Å². The van der Waals surface area contributed by atoms with Gasteiger partial charge in [0.05, 0.1) is 12.0 Å². The predicted octanol–water partition coefficient (Wildman–Crippen LogP) is 3.35. The summed E-state index contributed by atoms with van der Waals surface area (Å²) in [6, 6.07) is 9.22. The van der Waals surface area contributed by atoms with E-state index in [0.717, 1.165) is 24.8 Å². The molecule has 146 valence electrons. The molecule has 28 heavy (non-hydrogen) atoms.